The average molecular weight is 367 g/mol. The minimum Gasteiger partial charge on any atom is -0.345 e. The Kier molecular flexibility index (Phi) is 5.48. The third-order valence-electron chi connectivity index (χ3n) is 3.99. The molecule has 134 valence electrons. The fourth-order valence-corrected chi connectivity index (χ4v) is 3.12. The van der Waals surface area contributed by atoms with Crippen LogP contribution in [-0.4, -0.2) is 23.3 Å². The van der Waals surface area contributed by atoms with Crippen molar-refractivity contribution in [2.24, 2.45) is 0 Å². The van der Waals surface area contributed by atoms with Gasteiger partial charge < -0.3 is 10.2 Å². The first-order valence-electron chi connectivity index (χ1n) is 8.25. The maximum atomic E-state index is 12.2. The van der Waals surface area contributed by atoms with E-state index in [1.165, 1.54) is 22.5 Å². The maximum Gasteiger partial charge on any atom is 0.325 e. The van der Waals surface area contributed by atoms with Gasteiger partial charge >= 0.3 is 6.03 Å². The Labute approximate surface area is 156 Å². The summed E-state index contributed by atoms with van der Waals surface area (Å²) in [5, 5.41) is 14.9. The molecule has 0 fully saturated rings. The molecule has 1 aromatic heterocycles. The van der Waals surface area contributed by atoms with Crippen LogP contribution < -0.4 is 15.5 Å². The maximum absolute atomic E-state index is 12.2. The highest BCUT2D eigenvalue weighted by Crippen LogP contribution is 2.24. The Morgan fingerprint density at radius 2 is 1.81 bits per heavy atom. The highest BCUT2D eigenvalue weighted by molar-refractivity contribution is 7.19. The molecular formula is C19H21N5OS. The van der Waals surface area contributed by atoms with Crippen molar-refractivity contribution in [3.63, 3.8) is 0 Å². The van der Waals surface area contributed by atoms with Crippen LogP contribution >= 0.6 is 11.3 Å². The van der Waals surface area contributed by atoms with E-state index in [0.717, 1.165) is 22.9 Å². The van der Waals surface area contributed by atoms with Crippen molar-refractivity contribution in [2.75, 3.05) is 22.6 Å². The van der Waals surface area contributed by atoms with Crippen molar-refractivity contribution < 1.29 is 4.79 Å². The first-order chi connectivity index (χ1) is 12.5. The van der Waals surface area contributed by atoms with Crippen molar-refractivity contribution in [3.8, 4) is 0 Å². The summed E-state index contributed by atoms with van der Waals surface area (Å²) in [6, 6.07) is 15.6. The molecule has 0 unspecified atom stereocenters. The van der Waals surface area contributed by atoms with E-state index in [2.05, 4.69) is 33.0 Å². The molecule has 1 heterocycles. The predicted octanol–water partition coefficient (Wildman–Crippen LogP) is 4.44. The van der Waals surface area contributed by atoms with Crippen molar-refractivity contribution in [2.45, 2.75) is 20.4 Å². The molecule has 26 heavy (non-hydrogen) atoms. The van der Waals surface area contributed by atoms with Gasteiger partial charge in [-0.15, -0.1) is 10.2 Å². The number of nitrogens with one attached hydrogen (secondary N) is 2. The van der Waals surface area contributed by atoms with Crippen LogP contribution in [0.1, 0.15) is 16.7 Å². The summed E-state index contributed by atoms with van der Waals surface area (Å²) in [4.78, 5) is 14.2. The smallest absolute Gasteiger partial charge is 0.325 e. The van der Waals surface area contributed by atoms with Gasteiger partial charge in [0.25, 0.3) is 0 Å². The summed E-state index contributed by atoms with van der Waals surface area (Å²) in [6.07, 6.45) is 0. The van der Waals surface area contributed by atoms with E-state index in [1.807, 2.05) is 62.2 Å². The Bertz CT molecular complexity index is 894. The number of anilines is 3. The van der Waals surface area contributed by atoms with Crippen LogP contribution in [0.5, 0.6) is 0 Å². The second kappa shape index (κ2) is 7.97. The summed E-state index contributed by atoms with van der Waals surface area (Å²) in [5.41, 5.74) is 4.25. The van der Waals surface area contributed by atoms with E-state index in [1.54, 1.807) is 0 Å². The standard InChI is InChI=1S/C19H21N5OS/c1-13-9-10-16(11-14(13)2)20-17(25)21-18-22-23-19(26-18)24(3)12-15-7-5-4-6-8-15/h4-11H,12H2,1-3H3,(H2,20,21,22,25). The van der Waals surface area contributed by atoms with Crippen LogP contribution in [0.4, 0.5) is 20.7 Å². The van der Waals surface area contributed by atoms with Crippen molar-refractivity contribution in [1.29, 1.82) is 0 Å². The molecular weight excluding hydrogens is 346 g/mol. The number of aryl methyl sites for hydroxylation is 2. The van der Waals surface area contributed by atoms with Crippen LogP contribution in [0, 0.1) is 13.8 Å². The van der Waals surface area contributed by atoms with Gasteiger partial charge in [0.1, 0.15) is 0 Å². The van der Waals surface area contributed by atoms with Crippen LogP contribution in [0.25, 0.3) is 0 Å². The van der Waals surface area contributed by atoms with Crippen LogP contribution in [0.3, 0.4) is 0 Å². The zero-order valence-corrected chi connectivity index (χ0v) is 15.8. The fourth-order valence-electron chi connectivity index (χ4n) is 2.42. The minimum atomic E-state index is -0.332. The molecule has 0 bridgehead atoms. The normalized spacial score (nSPS) is 10.4. The average Bonchev–Trinajstić information content (AvgIpc) is 3.07. The van der Waals surface area contributed by atoms with Crippen LogP contribution in [0.2, 0.25) is 0 Å². The number of nitrogens with zero attached hydrogens (tertiary/aromatic N) is 3. The molecule has 0 saturated carbocycles. The Morgan fingerprint density at radius 1 is 1.04 bits per heavy atom. The quantitative estimate of drug-likeness (QED) is 0.700. The lowest BCUT2D eigenvalue weighted by atomic mass is 10.1. The summed E-state index contributed by atoms with van der Waals surface area (Å²) in [6.45, 7) is 4.77. The lowest BCUT2D eigenvalue weighted by Gasteiger charge is -2.14. The topological polar surface area (TPSA) is 70.1 Å². The Balaban J connectivity index is 1.58. The second-order valence-electron chi connectivity index (χ2n) is 6.11. The molecule has 0 radical (unpaired) electrons. The fraction of sp³-hybridized carbons (Fsp3) is 0.211. The van der Waals surface area contributed by atoms with E-state index in [9.17, 15) is 4.79 Å². The van der Waals surface area contributed by atoms with Gasteiger partial charge in [0.05, 0.1) is 0 Å². The molecule has 0 aliphatic heterocycles. The van der Waals surface area contributed by atoms with Crippen LogP contribution in [0.15, 0.2) is 48.5 Å². The van der Waals surface area contributed by atoms with E-state index < -0.39 is 0 Å². The molecule has 2 N–H and O–H groups in total. The summed E-state index contributed by atoms with van der Waals surface area (Å²) >= 11 is 1.34. The molecule has 0 aliphatic carbocycles. The third-order valence-corrected chi connectivity index (χ3v) is 4.94. The van der Waals surface area contributed by atoms with Gasteiger partial charge in [0.15, 0.2) is 0 Å². The van der Waals surface area contributed by atoms with Gasteiger partial charge in [-0.3, -0.25) is 5.32 Å². The molecule has 3 aromatic rings. The van der Waals surface area contributed by atoms with Gasteiger partial charge in [0, 0.05) is 19.3 Å². The highest BCUT2D eigenvalue weighted by atomic mass is 32.1. The molecule has 0 spiro atoms. The lowest BCUT2D eigenvalue weighted by molar-refractivity contribution is 0.262. The number of hydrogen-bond acceptors (Lipinski definition) is 5. The van der Waals surface area contributed by atoms with Crippen molar-refractivity contribution in [3.05, 3.63) is 65.2 Å². The molecule has 7 heteroatoms. The van der Waals surface area contributed by atoms with E-state index in [0.29, 0.717) is 5.13 Å². The SMILES string of the molecule is Cc1ccc(NC(=O)Nc2nnc(N(C)Cc3ccccc3)s2)cc1C. The number of amides is 2. The van der Waals surface area contributed by atoms with Gasteiger partial charge in [-0.2, -0.15) is 0 Å². The monoisotopic (exact) mass is 367 g/mol. The van der Waals surface area contributed by atoms with Gasteiger partial charge in [0.2, 0.25) is 10.3 Å². The zero-order valence-electron chi connectivity index (χ0n) is 15.0. The van der Waals surface area contributed by atoms with E-state index in [-0.39, 0.29) is 6.03 Å². The third kappa shape index (κ3) is 4.58. The van der Waals surface area contributed by atoms with Gasteiger partial charge in [-0.05, 0) is 42.7 Å². The number of hydrogen-bond donors (Lipinski definition) is 2. The summed E-state index contributed by atoms with van der Waals surface area (Å²) < 4.78 is 0. The number of carbonyl (C=O) groups is 1. The summed E-state index contributed by atoms with van der Waals surface area (Å²) in [5.74, 6) is 0. The molecule has 0 saturated heterocycles. The molecule has 6 nitrogen and oxygen atoms in total. The number of aromatic nitrogens is 2. The molecule has 0 aliphatic rings. The largest absolute Gasteiger partial charge is 0.345 e. The number of rotatable bonds is 5. The van der Waals surface area contributed by atoms with E-state index >= 15 is 0 Å². The number of urea groups is 1. The zero-order chi connectivity index (χ0) is 18.5. The molecule has 0 atom stereocenters. The van der Waals surface area contributed by atoms with Crippen molar-refractivity contribution >= 4 is 33.3 Å². The minimum absolute atomic E-state index is 0.332. The van der Waals surface area contributed by atoms with E-state index in [4.69, 9.17) is 0 Å². The van der Waals surface area contributed by atoms with Crippen LogP contribution in [-0.2, 0) is 6.54 Å². The summed E-state index contributed by atoms with van der Waals surface area (Å²) in [7, 11) is 1.95. The predicted molar refractivity (Wildman–Crippen MR) is 107 cm³/mol. The number of benzene rings is 2. The van der Waals surface area contributed by atoms with Gasteiger partial charge in [-0.1, -0.05) is 47.7 Å². The van der Waals surface area contributed by atoms with Crippen molar-refractivity contribution in [1.82, 2.24) is 10.2 Å². The first kappa shape index (κ1) is 17.9. The molecule has 2 aromatic carbocycles. The molecule has 2 amide bonds. The van der Waals surface area contributed by atoms with Gasteiger partial charge in [-0.25, -0.2) is 4.79 Å². The Morgan fingerprint density at radius 3 is 2.54 bits per heavy atom. The number of carbonyl (C=O) groups excluding carboxylic acids is 1. The second-order valence-corrected chi connectivity index (χ2v) is 7.07. The first-order valence-corrected chi connectivity index (χ1v) is 9.07. The Hall–Kier alpha value is -2.93. The highest BCUT2D eigenvalue weighted by Gasteiger charge is 2.12. The molecule has 3 rings (SSSR count). The lowest BCUT2D eigenvalue weighted by Crippen LogP contribution is -2.19.